The van der Waals surface area contributed by atoms with Crippen LogP contribution in [-0.2, 0) is 11.8 Å². The molecule has 1 aromatic rings. The highest BCUT2D eigenvalue weighted by Crippen LogP contribution is 2.21. The summed E-state index contributed by atoms with van der Waals surface area (Å²) < 4.78 is 1.27. The normalized spacial score (nSPS) is 17.1. The number of aliphatic carboxylic acids is 1. The number of anilines is 1. The van der Waals surface area contributed by atoms with Gasteiger partial charge in [-0.1, -0.05) is 0 Å². The fourth-order valence-corrected chi connectivity index (χ4v) is 2.02. The van der Waals surface area contributed by atoms with Crippen molar-refractivity contribution in [3.63, 3.8) is 0 Å². The molecule has 1 N–H and O–H groups in total. The van der Waals surface area contributed by atoms with Crippen LogP contribution < -0.4 is 10.5 Å². The van der Waals surface area contributed by atoms with Crippen LogP contribution in [0, 0.1) is 5.92 Å². The number of nitrogens with zero attached hydrogens (tertiary/aromatic N) is 3. The monoisotopic (exact) mass is 237 g/mol. The first-order valence-corrected chi connectivity index (χ1v) is 5.59. The van der Waals surface area contributed by atoms with Crippen molar-refractivity contribution in [2.75, 3.05) is 18.0 Å². The minimum atomic E-state index is -0.730. The number of hydrogen-bond donors (Lipinski definition) is 1. The van der Waals surface area contributed by atoms with Gasteiger partial charge in [0.05, 0.1) is 17.8 Å². The maximum absolute atomic E-state index is 11.4. The van der Waals surface area contributed by atoms with Gasteiger partial charge in [0.1, 0.15) is 0 Å². The van der Waals surface area contributed by atoms with Crippen molar-refractivity contribution in [1.29, 1.82) is 0 Å². The maximum Gasteiger partial charge on any atom is 0.306 e. The topological polar surface area (TPSA) is 75.4 Å². The van der Waals surface area contributed by atoms with E-state index in [4.69, 9.17) is 5.11 Å². The SMILES string of the molecule is Cn1ncc(N2CCC(C(=O)O)CC2)cc1=O. The second kappa shape index (κ2) is 4.57. The van der Waals surface area contributed by atoms with E-state index >= 15 is 0 Å². The number of aryl methyl sites for hydroxylation is 1. The predicted molar refractivity (Wildman–Crippen MR) is 62.1 cm³/mol. The van der Waals surface area contributed by atoms with Crippen LogP contribution in [-0.4, -0.2) is 33.9 Å². The van der Waals surface area contributed by atoms with Crippen LogP contribution in [0.25, 0.3) is 0 Å². The summed E-state index contributed by atoms with van der Waals surface area (Å²) in [6, 6.07) is 1.54. The van der Waals surface area contributed by atoms with Crippen LogP contribution in [0.5, 0.6) is 0 Å². The van der Waals surface area contributed by atoms with Crippen molar-refractivity contribution in [1.82, 2.24) is 9.78 Å². The van der Waals surface area contributed by atoms with Gasteiger partial charge in [-0.3, -0.25) is 9.59 Å². The molecule has 17 heavy (non-hydrogen) atoms. The molecule has 0 unspecified atom stereocenters. The zero-order valence-electron chi connectivity index (χ0n) is 9.67. The zero-order valence-corrected chi connectivity index (χ0v) is 9.67. The number of rotatable bonds is 2. The summed E-state index contributed by atoms with van der Waals surface area (Å²) in [7, 11) is 1.60. The van der Waals surface area contributed by atoms with Gasteiger partial charge in [0.25, 0.3) is 5.56 Å². The van der Waals surface area contributed by atoms with Crippen LogP contribution in [0.3, 0.4) is 0 Å². The molecule has 1 fully saturated rings. The van der Waals surface area contributed by atoms with Crippen LogP contribution in [0.4, 0.5) is 5.69 Å². The van der Waals surface area contributed by atoms with Gasteiger partial charge < -0.3 is 10.0 Å². The average Bonchev–Trinajstić information content (AvgIpc) is 2.33. The van der Waals surface area contributed by atoms with Crippen molar-refractivity contribution in [2.45, 2.75) is 12.8 Å². The molecule has 6 heteroatoms. The molecule has 0 aliphatic carbocycles. The minimum absolute atomic E-state index is 0.150. The molecule has 0 amide bonds. The van der Waals surface area contributed by atoms with E-state index in [0.717, 1.165) is 5.69 Å². The molecule has 2 heterocycles. The van der Waals surface area contributed by atoms with Gasteiger partial charge in [0, 0.05) is 26.2 Å². The first-order chi connectivity index (χ1) is 8.08. The Kier molecular flexibility index (Phi) is 3.12. The average molecular weight is 237 g/mol. The lowest BCUT2D eigenvalue weighted by atomic mass is 9.97. The molecular formula is C11H15N3O3. The molecule has 1 aliphatic heterocycles. The van der Waals surface area contributed by atoms with Crippen molar-refractivity contribution in [3.8, 4) is 0 Å². The van der Waals surface area contributed by atoms with E-state index in [2.05, 4.69) is 5.10 Å². The highest BCUT2D eigenvalue weighted by Gasteiger charge is 2.24. The van der Waals surface area contributed by atoms with Gasteiger partial charge >= 0.3 is 5.97 Å². The lowest BCUT2D eigenvalue weighted by molar-refractivity contribution is -0.142. The van der Waals surface area contributed by atoms with Gasteiger partial charge in [-0.15, -0.1) is 0 Å². The van der Waals surface area contributed by atoms with Crippen LogP contribution >= 0.6 is 0 Å². The molecular weight excluding hydrogens is 222 g/mol. The molecule has 1 aliphatic rings. The van der Waals surface area contributed by atoms with Crippen LogP contribution in [0.1, 0.15) is 12.8 Å². The summed E-state index contributed by atoms with van der Waals surface area (Å²) in [5.41, 5.74) is 0.625. The molecule has 92 valence electrons. The molecule has 0 atom stereocenters. The Morgan fingerprint density at radius 2 is 2.12 bits per heavy atom. The molecule has 0 spiro atoms. The third-order valence-corrected chi connectivity index (χ3v) is 3.16. The van der Waals surface area contributed by atoms with E-state index in [0.29, 0.717) is 25.9 Å². The summed E-state index contributed by atoms with van der Waals surface area (Å²) in [5.74, 6) is -0.988. The molecule has 2 rings (SSSR count). The number of hydrogen-bond acceptors (Lipinski definition) is 4. The summed E-state index contributed by atoms with van der Waals surface area (Å²) in [4.78, 5) is 24.3. The van der Waals surface area contributed by atoms with E-state index in [1.54, 1.807) is 13.2 Å². The van der Waals surface area contributed by atoms with Crippen molar-refractivity contribution in [3.05, 3.63) is 22.6 Å². The molecule has 0 saturated carbocycles. The first kappa shape index (κ1) is 11.6. The Hall–Kier alpha value is -1.85. The largest absolute Gasteiger partial charge is 0.481 e. The Balaban J connectivity index is 2.08. The molecule has 1 aromatic heterocycles. The predicted octanol–water partition coefficient (Wildman–Crippen LogP) is 0.0813. The summed E-state index contributed by atoms with van der Waals surface area (Å²) in [6.07, 6.45) is 2.87. The maximum atomic E-state index is 11.4. The Labute approximate surface area is 98.5 Å². The van der Waals surface area contributed by atoms with Gasteiger partial charge in [0.15, 0.2) is 0 Å². The smallest absolute Gasteiger partial charge is 0.306 e. The summed E-state index contributed by atoms with van der Waals surface area (Å²) in [6.45, 7) is 1.32. The molecule has 0 radical (unpaired) electrons. The fourth-order valence-electron chi connectivity index (χ4n) is 2.02. The van der Waals surface area contributed by atoms with Crippen molar-refractivity contribution in [2.24, 2.45) is 13.0 Å². The zero-order chi connectivity index (χ0) is 12.4. The molecule has 0 aromatic carbocycles. The van der Waals surface area contributed by atoms with Gasteiger partial charge in [-0.05, 0) is 12.8 Å². The van der Waals surface area contributed by atoms with E-state index in [1.807, 2.05) is 4.90 Å². The Bertz CT molecular complexity index is 475. The molecule has 6 nitrogen and oxygen atoms in total. The van der Waals surface area contributed by atoms with Crippen LogP contribution in [0.2, 0.25) is 0 Å². The highest BCUT2D eigenvalue weighted by atomic mass is 16.4. The second-order valence-electron chi connectivity index (χ2n) is 4.28. The van der Waals surface area contributed by atoms with E-state index in [1.165, 1.54) is 10.7 Å². The Morgan fingerprint density at radius 1 is 1.47 bits per heavy atom. The Morgan fingerprint density at radius 3 is 2.65 bits per heavy atom. The van der Waals surface area contributed by atoms with Crippen LogP contribution in [0.15, 0.2) is 17.1 Å². The molecule has 0 bridgehead atoms. The number of piperidine rings is 1. The number of carbonyl (C=O) groups is 1. The van der Waals surface area contributed by atoms with E-state index in [9.17, 15) is 9.59 Å². The quantitative estimate of drug-likeness (QED) is 0.788. The standard InChI is InChI=1S/C11H15N3O3/c1-13-10(15)6-9(7-12-13)14-4-2-8(3-5-14)11(16)17/h6-8H,2-5H2,1H3,(H,16,17). The van der Waals surface area contributed by atoms with Gasteiger partial charge in [0.2, 0.25) is 0 Å². The summed E-state index contributed by atoms with van der Waals surface area (Å²) >= 11 is 0. The lowest BCUT2D eigenvalue weighted by Gasteiger charge is -2.31. The van der Waals surface area contributed by atoms with Crippen molar-refractivity contribution < 1.29 is 9.90 Å². The fraction of sp³-hybridized carbons (Fsp3) is 0.545. The van der Waals surface area contributed by atoms with E-state index in [-0.39, 0.29) is 11.5 Å². The second-order valence-corrected chi connectivity index (χ2v) is 4.28. The van der Waals surface area contributed by atoms with E-state index < -0.39 is 5.97 Å². The first-order valence-electron chi connectivity index (χ1n) is 5.59. The number of carboxylic acid groups (broad SMARTS) is 1. The lowest BCUT2D eigenvalue weighted by Crippen LogP contribution is -2.37. The van der Waals surface area contributed by atoms with Gasteiger partial charge in [-0.2, -0.15) is 5.10 Å². The summed E-state index contributed by atoms with van der Waals surface area (Å²) in [5, 5.41) is 12.8. The highest BCUT2D eigenvalue weighted by molar-refractivity contribution is 5.70. The third-order valence-electron chi connectivity index (χ3n) is 3.16. The molecule has 1 saturated heterocycles. The number of carboxylic acids is 1. The minimum Gasteiger partial charge on any atom is -0.481 e. The van der Waals surface area contributed by atoms with Gasteiger partial charge in [-0.25, -0.2) is 4.68 Å². The number of aromatic nitrogens is 2. The third kappa shape index (κ3) is 2.46. The van der Waals surface area contributed by atoms with Crippen molar-refractivity contribution >= 4 is 11.7 Å².